The van der Waals surface area contributed by atoms with Crippen LogP contribution in [-0.2, 0) is 0 Å². The van der Waals surface area contributed by atoms with Gasteiger partial charge < -0.3 is 0 Å². The molecule has 0 aliphatic heterocycles. The zero-order chi connectivity index (χ0) is 10.1. The van der Waals surface area contributed by atoms with Crippen molar-refractivity contribution in [2.75, 3.05) is 0 Å². The van der Waals surface area contributed by atoms with Crippen LogP contribution >= 0.6 is 0 Å². The van der Waals surface area contributed by atoms with Crippen LogP contribution in [0.1, 0.15) is 0 Å². The number of hydrogen-bond acceptors (Lipinski definition) is 4. The molecular formula is C10H7N5. The molecule has 0 N–H and O–H groups in total. The molecule has 0 aromatic carbocycles. The highest BCUT2D eigenvalue weighted by molar-refractivity contribution is 5.73. The lowest BCUT2D eigenvalue weighted by Crippen LogP contribution is -1.88. The Kier molecular flexibility index (Phi) is 1.68. The third-order valence-electron chi connectivity index (χ3n) is 2.12. The highest BCUT2D eigenvalue weighted by atomic mass is 15.2. The molecule has 3 aromatic rings. The van der Waals surface area contributed by atoms with Crippen molar-refractivity contribution in [1.82, 2.24) is 24.6 Å². The Morgan fingerprint density at radius 1 is 1.00 bits per heavy atom. The Bertz CT molecular complexity index is 587. The summed E-state index contributed by atoms with van der Waals surface area (Å²) in [4.78, 5) is 12.5. The van der Waals surface area contributed by atoms with Crippen LogP contribution in [0.3, 0.4) is 0 Å². The Labute approximate surface area is 85.5 Å². The first-order chi connectivity index (χ1) is 7.45. The van der Waals surface area contributed by atoms with E-state index in [-0.39, 0.29) is 0 Å². The molecule has 72 valence electrons. The van der Waals surface area contributed by atoms with Crippen LogP contribution < -0.4 is 0 Å². The standard InChI is InChI=1S/C10H7N5/c1-2-13-10-8(6-14-15(10)5-1)9-7-11-3-4-12-9/h1-7H. The van der Waals surface area contributed by atoms with Crippen molar-refractivity contribution < 1.29 is 0 Å². The summed E-state index contributed by atoms with van der Waals surface area (Å²) in [6.45, 7) is 0. The summed E-state index contributed by atoms with van der Waals surface area (Å²) < 4.78 is 1.71. The van der Waals surface area contributed by atoms with Crippen LogP contribution in [0.25, 0.3) is 16.9 Å². The average molecular weight is 197 g/mol. The molecule has 0 aliphatic rings. The molecular weight excluding hydrogens is 190 g/mol. The second kappa shape index (κ2) is 3.13. The summed E-state index contributed by atoms with van der Waals surface area (Å²) in [6, 6.07) is 1.83. The van der Waals surface area contributed by atoms with Gasteiger partial charge in [0.05, 0.1) is 23.7 Å². The van der Waals surface area contributed by atoms with Gasteiger partial charge in [0, 0.05) is 24.8 Å². The molecule has 0 bridgehead atoms. The van der Waals surface area contributed by atoms with E-state index in [1.54, 1.807) is 35.5 Å². The van der Waals surface area contributed by atoms with Crippen LogP contribution in [0.5, 0.6) is 0 Å². The number of aromatic nitrogens is 5. The fourth-order valence-electron chi connectivity index (χ4n) is 1.45. The highest BCUT2D eigenvalue weighted by Gasteiger charge is 2.07. The van der Waals surface area contributed by atoms with Crippen molar-refractivity contribution in [1.29, 1.82) is 0 Å². The summed E-state index contributed by atoms with van der Waals surface area (Å²) in [5.74, 6) is 0. The molecule has 0 saturated carbocycles. The lowest BCUT2D eigenvalue weighted by Gasteiger charge is -1.95. The molecule has 0 aliphatic carbocycles. The third kappa shape index (κ3) is 1.25. The van der Waals surface area contributed by atoms with E-state index >= 15 is 0 Å². The number of nitrogens with zero attached hydrogens (tertiary/aromatic N) is 5. The van der Waals surface area contributed by atoms with Crippen LogP contribution in [0.2, 0.25) is 0 Å². The van der Waals surface area contributed by atoms with Crippen molar-refractivity contribution in [3.8, 4) is 11.3 Å². The molecule has 5 heteroatoms. The summed E-state index contributed by atoms with van der Waals surface area (Å²) in [6.07, 6.45) is 10.3. The molecule has 0 atom stereocenters. The maximum Gasteiger partial charge on any atom is 0.164 e. The molecule has 3 rings (SSSR count). The predicted molar refractivity (Wildman–Crippen MR) is 54.0 cm³/mol. The van der Waals surface area contributed by atoms with E-state index in [1.807, 2.05) is 12.3 Å². The average Bonchev–Trinajstić information content (AvgIpc) is 2.74. The van der Waals surface area contributed by atoms with Gasteiger partial charge in [-0.1, -0.05) is 0 Å². The smallest absolute Gasteiger partial charge is 0.164 e. The van der Waals surface area contributed by atoms with Gasteiger partial charge >= 0.3 is 0 Å². The molecule has 0 unspecified atom stereocenters. The monoisotopic (exact) mass is 197 g/mol. The number of fused-ring (bicyclic) bond motifs is 1. The quantitative estimate of drug-likeness (QED) is 0.588. The molecule has 0 saturated heterocycles. The van der Waals surface area contributed by atoms with Gasteiger partial charge in [0.25, 0.3) is 0 Å². The lowest BCUT2D eigenvalue weighted by molar-refractivity contribution is 0.939. The summed E-state index contributed by atoms with van der Waals surface area (Å²) in [7, 11) is 0. The van der Waals surface area contributed by atoms with Crippen LogP contribution in [0.4, 0.5) is 0 Å². The van der Waals surface area contributed by atoms with Gasteiger partial charge in [0.1, 0.15) is 0 Å². The second-order valence-corrected chi connectivity index (χ2v) is 3.04. The minimum absolute atomic E-state index is 0.784. The number of rotatable bonds is 1. The van der Waals surface area contributed by atoms with Gasteiger partial charge in [-0.3, -0.25) is 9.97 Å². The molecule has 3 heterocycles. The second-order valence-electron chi connectivity index (χ2n) is 3.04. The molecule has 0 spiro atoms. The molecule has 15 heavy (non-hydrogen) atoms. The molecule has 0 radical (unpaired) electrons. The minimum atomic E-state index is 0.784. The first-order valence-electron chi connectivity index (χ1n) is 4.50. The highest BCUT2D eigenvalue weighted by Crippen LogP contribution is 2.18. The first-order valence-corrected chi connectivity index (χ1v) is 4.50. The van der Waals surface area contributed by atoms with Crippen molar-refractivity contribution in [2.45, 2.75) is 0 Å². The van der Waals surface area contributed by atoms with Crippen LogP contribution in [0, 0.1) is 0 Å². The zero-order valence-electron chi connectivity index (χ0n) is 7.78. The van der Waals surface area contributed by atoms with Crippen LogP contribution in [-0.4, -0.2) is 24.6 Å². The van der Waals surface area contributed by atoms with Gasteiger partial charge in [-0.2, -0.15) is 5.10 Å². The first kappa shape index (κ1) is 8.05. The SMILES string of the molecule is c1cnc2c(-c3cnccn3)cnn2c1. The van der Waals surface area contributed by atoms with E-state index in [1.165, 1.54) is 0 Å². The van der Waals surface area contributed by atoms with Crippen LogP contribution in [0.15, 0.2) is 43.2 Å². The molecule has 3 aromatic heterocycles. The Hall–Kier alpha value is -2.30. The van der Waals surface area contributed by atoms with E-state index in [4.69, 9.17) is 0 Å². The topological polar surface area (TPSA) is 56.0 Å². The van der Waals surface area contributed by atoms with E-state index in [0.717, 1.165) is 16.9 Å². The maximum absolute atomic E-state index is 4.25. The summed E-state index contributed by atoms with van der Waals surface area (Å²) in [5, 5.41) is 4.18. The Morgan fingerprint density at radius 2 is 2.00 bits per heavy atom. The normalized spacial score (nSPS) is 10.7. The van der Waals surface area contributed by atoms with Crippen molar-refractivity contribution in [3.63, 3.8) is 0 Å². The van der Waals surface area contributed by atoms with Crippen molar-refractivity contribution in [2.24, 2.45) is 0 Å². The van der Waals surface area contributed by atoms with Gasteiger partial charge in [-0.15, -0.1) is 0 Å². The van der Waals surface area contributed by atoms with E-state index in [0.29, 0.717) is 0 Å². The largest absolute Gasteiger partial charge is 0.261 e. The van der Waals surface area contributed by atoms with E-state index in [2.05, 4.69) is 20.1 Å². The minimum Gasteiger partial charge on any atom is -0.261 e. The fourth-order valence-corrected chi connectivity index (χ4v) is 1.45. The van der Waals surface area contributed by atoms with Crippen molar-refractivity contribution in [3.05, 3.63) is 43.2 Å². The fraction of sp³-hybridized carbons (Fsp3) is 0. The summed E-state index contributed by atoms with van der Waals surface area (Å²) in [5.41, 5.74) is 2.47. The maximum atomic E-state index is 4.25. The predicted octanol–water partition coefficient (Wildman–Crippen LogP) is 1.19. The number of hydrogen-bond donors (Lipinski definition) is 0. The van der Waals surface area contributed by atoms with Gasteiger partial charge in [0.15, 0.2) is 5.65 Å². The van der Waals surface area contributed by atoms with Crippen molar-refractivity contribution >= 4 is 5.65 Å². The summed E-state index contributed by atoms with van der Waals surface area (Å²) >= 11 is 0. The third-order valence-corrected chi connectivity index (χ3v) is 2.12. The molecule has 5 nitrogen and oxygen atoms in total. The van der Waals surface area contributed by atoms with E-state index < -0.39 is 0 Å². The Morgan fingerprint density at radius 3 is 2.87 bits per heavy atom. The lowest BCUT2D eigenvalue weighted by atomic mass is 10.2. The van der Waals surface area contributed by atoms with Gasteiger partial charge in [0.2, 0.25) is 0 Å². The molecule has 0 amide bonds. The van der Waals surface area contributed by atoms with Gasteiger partial charge in [-0.05, 0) is 6.07 Å². The molecule has 0 fully saturated rings. The zero-order valence-corrected chi connectivity index (χ0v) is 7.78. The van der Waals surface area contributed by atoms with E-state index in [9.17, 15) is 0 Å². The Balaban J connectivity index is 2.28. The van der Waals surface area contributed by atoms with Gasteiger partial charge in [-0.25, -0.2) is 9.50 Å².